The molecule has 1 rings (SSSR count). The van der Waals surface area contributed by atoms with Gasteiger partial charge < -0.3 is 19.4 Å². The molecular formula is C8H10BNO5. The van der Waals surface area contributed by atoms with Crippen LogP contribution < -0.4 is 11.0 Å². The third kappa shape index (κ3) is 2.25. The summed E-state index contributed by atoms with van der Waals surface area (Å²) in [5, 5.41) is 17.8. The van der Waals surface area contributed by atoms with Crippen molar-refractivity contribution in [2.45, 2.75) is 0 Å². The lowest BCUT2D eigenvalue weighted by atomic mass is 9.80. The van der Waals surface area contributed by atoms with Crippen molar-refractivity contribution in [2.24, 2.45) is 7.05 Å². The number of carbonyl (C=O) groups excluding carboxylic acids is 1. The van der Waals surface area contributed by atoms with Crippen LogP contribution in [0.25, 0.3) is 0 Å². The van der Waals surface area contributed by atoms with Gasteiger partial charge in [-0.05, 0) is 6.07 Å². The van der Waals surface area contributed by atoms with Crippen molar-refractivity contribution in [1.29, 1.82) is 0 Å². The second kappa shape index (κ2) is 4.29. The third-order valence-corrected chi connectivity index (χ3v) is 1.91. The molecule has 1 aromatic rings. The number of aryl methyl sites for hydroxylation is 1. The standard InChI is InChI=1S/C8H10BNO5/c1-10-4-5(8(12)15-2)3-6(7(10)11)9(13)14/h3-4,13-14H,1-2H3. The van der Waals surface area contributed by atoms with Crippen LogP contribution in [0.5, 0.6) is 0 Å². The predicted molar refractivity (Wildman–Crippen MR) is 52.8 cm³/mol. The molecule has 0 radical (unpaired) electrons. The molecule has 80 valence electrons. The Bertz CT molecular complexity index is 439. The monoisotopic (exact) mass is 211 g/mol. The van der Waals surface area contributed by atoms with Gasteiger partial charge in [-0.3, -0.25) is 4.79 Å². The molecule has 0 aliphatic carbocycles. The largest absolute Gasteiger partial charge is 0.494 e. The molecular weight excluding hydrogens is 201 g/mol. The van der Waals surface area contributed by atoms with E-state index in [1.807, 2.05) is 0 Å². The summed E-state index contributed by atoms with van der Waals surface area (Å²) in [5.41, 5.74) is -0.749. The molecule has 2 N–H and O–H groups in total. The fraction of sp³-hybridized carbons (Fsp3) is 0.250. The lowest BCUT2D eigenvalue weighted by molar-refractivity contribution is 0.0600. The molecule has 0 atom stereocenters. The van der Waals surface area contributed by atoms with Gasteiger partial charge in [-0.25, -0.2) is 4.79 Å². The normalized spacial score (nSPS) is 9.87. The molecule has 0 bridgehead atoms. The van der Waals surface area contributed by atoms with Gasteiger partial charge in [-0.2, -0.15) is 0 Å². The first-order chi connectivity index (χ1) is 6.97. The maximum Gasteiger partial charge on any atom is 0.494 e. The summed E-state index contributed by atoms with van der Waals surface area (Å²) in [4.78, 5) is 22.5. The second-order valence-electron chi connectivity index (χ2n) is 2.97. The summed E-state index contributed by atoms with van der Waals surface area (Å²) in [7, 11) is 0.691. The van der Waals surface area contributed by atoms with E-state index in [1.54, 1.807) is 0 Å². The van der Waals surface area contributed by atoms with Crippen LogP contribution in [0.4, 0.5) is 0 Å². The van der Waals surface area contributed by atoms with Gasteiger partial charge >= 0.3 is 13.1 Å². The Kier molecular flexibility index (Phi) is 3.28. The van der Waals surface area contributed by atoms with Gasteiger partial charge in [-0.15, -0.1) is 0 Å². The molecule has 0 saturated heterocycles. The molecule has 0 spiro atoms. The van der Waals surface area contributed by atoms with Crippen molar-refractivity contribution in [3.8, 4) is 0 Å². The van der Waals surface area contributed by atoms with E-state index in [0.29, 0.717) is 0 Å². The van der Waals surface area contributed by atoms with Crippen LogP contribution in [0.15, 0.2) is 17.1 Å². The van der Waals surface area contributed by atoms with Gasteiger partial charge in [0.15, 0.2) is 0 Å². The Morgan fingerprint density at radius 1 is 1.53 bits per heavy atom. The van der Waals surface area contributed by atoms with Crippen molar-refractivity contribution >= 4 is 18.6 Å². The number of hydrogen-bond donors (Lipinski definition) is 2. The number of aromatic nitrogens is 1. The highest BCUT2D eigenvalue weighted by atomic mass is 16.5. The smallest absolute Gasteiger partial charge is 0.465 e. The van der Waals surface area contributed by atoms with E-state index in [0.717, 1.165) is 10.6 Å². The predicted octanol–water partition coefficient (Wildman–Crippen LogP) is -2.15. The summed E-state index contributed by atoms with van der Waals surface area (Å²) >= 11 is 0. The quantitative estimate of drug-likeness (QED) is 0.430. The molecule has 0 saturated carbocycles. The number of carbonyl (C=O) groups is 1. The topological polar surface area (TPSA) is 88.8 Å². The van der Waals surface area contributed by atoms with Gasteiger partial charge in [-0.1, -0.05) is 0 Å². The molecule has 7 heteroatoms. The molecule has 1 aromatic heterocycles. The van der Waals surface area contributed by atoms with E-state index >= 15 is 0 Å². The first-order valence-corrected chi connectivity index (χ1v) is 4.12. The average Bonchev–Trinajstić information content (AvgIpc) is 2.20. The van der Waals surface area contributed by atoms with E-state index < -0.39 is 18.6 Å². The molecule has 0 amide bonds. The first-order valence-electron chi connectivity index (χ1n) is 4.12. The zero-order valence-electron chi connectivity index (χ0n) is 8.30. The Morgan fingerprint density at radius 2 is 2.13 bits per heavy atom. The lowest BCUT2D eigenvalue weighted by Gasteiger charge is -2.06. The van der Waals surface area contributed by atoms with E-state index in [9.17, 15) is 9.59 Å². The lowest BCUT2D eigenvalue weighted by Crippen LogP contribution is -2.45. The average molecular weight is 211 g/mol. The highest BCUT2D eigenvalue weighted by Crippen LogP contribution is 1.96. The van der Waals surface area contributed by atoms with Crippen LogP contribution in [-0.4, -0.2) is 34.8 Å². The maximum absolute atomic E-state index is 11.4. The summed E-state index contributed by atoms with van der Waals surface area (Å²) in [5.74, 6) is -0.646. The van der Waals surface area contributed by atoms with E-state index in [4.69, 9.17) is 10.0 Å². The van der Waals surface area contributed by atoms with Gasteiger partial charge in [0.1, 0.15) is 0 Å². The van der Waals surface area contributed by atoms with Crippen LogP contribution in [0.1, 0.15) is 10.4 Å². The minimum atomic E-state index is -1.91. The fourth-order valence-corrected chi connectivity index (χ4v) is 1.15. The fourth-order valence-electron chi connectivity index (χ4n) is 1.15. The van der Waals surface area contributed by atoms with Crippen LogP contribution in [-0.2, 0) is 11.8 Å². The zero-order valence-corrected chi connectivity index (χ0v) is 8.30. The maximum atomic E-state index is 11.4. The van der Waals surface area contributed by atoms with Crippen molar-refractivity contribution < 1.29 is 19.6 Å². The number of pyridine rings is 1. The number of ether oxygens (including phenoxy) is 1. The van der Waals surface area contributed by atoms with E-state index in [1.165, 1.54) is 20.4 Å². The molecule has 0 aliphatic heterocycles. The molecule has 0 aromatic carbocycles. The number of nitrogens with zero attached hydrogens (tertiary/aromatic N) is 1. The van der Waals surface area contributed by atoms with Crippen molar-refractivity contribution in [2.75, 3.05) is 7.11 Å². The molecule has 1 heterocycles. The Hall–Kier alpha value is -1.60. The molecule has 0 fully saturated rings. The van der Waals surface area contributed by atoms with Crippen LogP contribution in [0.2, 0.25) is 0 Å². The van der Waals surface area contributed by atoms with Crippen LogP contribution >= 0.6 is 0 Å². The Labute approximate surface area is 85.9 Å². The SMILES string of the molecule is COC(=O)c1cc(B(O)O)c(=O)n(C)c1. The van der Waals surface area contributed by atoms with Gasteiger partial charge in [0.05, 0.1) is 12.7 Å². The summed E-state index contributed by atoms with van der Waals surface area (Å²) in [6.07, 6.45) is 1.26. The number of esters is 1. The van der Waals surface area contributed by atoms with E-state index in [-0.39, 0.29) is 11.0 Å². The van der Waals surface area contributed by atoms with Crippen molar-refractivity contribution in [1.82, 2.24) is 4.57 Å². The second-order valence-corrected chi connectivity index (χ2v) is 2.97. The Morgan fingerprint density at radius 3 is 2.60 bits per heavy atom. The summed E-state index contributed by atoms with van der Waals surface area (Å²) in [6, 6.07) is 1.10. The van der Waals surface area contributed by atoms with Crippen molar-refractivity contribution in [3.63, 3.8) is 0 Å². The number of hydrogen-bond acceptors (Lipinski definition) is 5. The summed E-state index contributed by atoms with van der Waals surface area (Å²) < 4.78 is 5.53. The molecule has 0 aliphatic rings. The van der Waals surface area contributed by atoms with Gasteiger partial charge in [0, 0.05) is 18.7 Å². The number of methoxy groups -OCH3 is 1. The van der Waals surface area contributed by atoms with E-state index in [2.05, 4.69) is 4.74 Å². The molecule has 0 unspecified atom stereocenters. The van der Waals surface area contributed by atoms with Crippen molar-refractivity contribution in [3.05, 3.63) is 28.2 Å². The minimum absolute atomic E-state index is 0.0858. The number of rotatable bonds is 2. The highest BCUT2D eigenvalue weighted by Gasteiger charge is 2.19. The third-order valence-electron chi connectivity index (χ3n) is 1.91. The molecule has 6 nitrogen and oxygen atoms in total. The van der Waals surface area contributed by atoms with Crippen LogP contribution in [0.3, 0.4) is 0 Å². The summed E-state index contributed by atoms with van der Waals surface area (Å²) in [6.45, 7) is 0. The zero-order chi connectivity index (χ0) is 11.6. The molecule has 15 heavy (non-hydrogen) atoms. The van der Waals surface area contributed by atoms with Crippen LogP contribution in [0, 0.1) is 0 Å². The minimum Gasteiger partial charge on any atom is -0.465 e. The highest BCUT2D eigenvalue weighted by molar-refractivity contribution is 6.58. The van der Waals surface area contributed by atoms with Gasteiger partial charge in [0.2, 0.25) is 5.56 Å². The Balaban J connectivity index is 3.36. The van der Waals surface area contributed by atoms with Gasteiger partial charge in [0.25, 0.3) is 0 Å². The first kappa shape index (κ1) is 11.5.